The van der Waals surface area contributed by atoms with Gasteiger partial charge in [0.2, 0.25) is 0 Å². The second-order valence-electron chi connectivity index (χ2n) is 1.60. The van der Waals surface area contributed by atoms with E-state index >= 15 is 0 Å². The number of nitrogens with one attached hydrogen (secondary N) is 2. The van der Waals surface area contributed by atoms with E-state index in [1.165, 1.54) is 27.9 Å². The van der Waals surface area contributed by atoms with E-state index in [4.69, 9.17) is 0 Å². The van der Waals surface area contributed by atoms with Crippen LogP contribution in [0.25, 0.3) is 0 Å². The number of hydrogen-bond acceptors (Lipinski definition) is 6. The fraction of sp³-hybridized carbons (Fsp3) is 0.667. The maximum atomic E-state index is 9.76. The standard InChI is InChI=1S/2C3H7NO2.ClH/c2*1-3(5)6-4-2;/h2*4H,1-2H3;1H. The van der Waals surface area contributed by atoms with E-state index in [9.17, 15) is 9.59 Å². The second kappa shape index (κ2) is 13.7. The van der Waals surface area contributed by atoms with E-state index in [0.717, 1.165) is 0 Å². The molecule has 0 fully saturated rings. The number of hydrogen-bond donors (Lipinski definition) is 2. The van der Waals surface area contributed by atoms with Gasteiger partial charge in [0.05, 0.1) is 0 Å². The largest absolute Gasteiger partial charge is 0.371 e. The van der Waals surface area contributed by atoms with Crippen molar-refractivity contribution in [2.45, 2.75) is 13.8 Å². The molecule has 0 atom stereocenters. The minimum Gasteiger partial charge on any atom is -0.371 e. The van der Waals surface area contributed by atoms with Gasteiger partial charge in [-0.25, -0.2) is 0 Å². The molecule has 0 aromatic heterocycles. The van der Waals surface area contributed by atoms with Crippen LogP contribution in [0.4, 0.5) is 0 Å². The molecule has 0 amide bonds. The first-order valence-corrected chi connectivity index (χ1v) is 3.22. The van der Waals surface area contributed by atoms with Crippen LogP contribution in [-0.2, 0) is 19.3 Å². The van der Waals surface area contributed by atoms with Crippen LogP contribution in [0.2, 0.25) is 0 Å². The highest BCUT2D eigenvalue weighted by Crippen LogP contribution is 1.61. The van der Waals surface area contributed by atoms with Gasteiger partial charge in [-0.1, -0.05) is 0 Å². The Kier molecular flexibility index (Phi) is 19.0. The monoisotopic (exact) mass is 214 g/mol. The maximum absolute atomic E-state index is 9.76. The third-order valence-corrected chi connectivity index (χ3v) is 0.492. The topological polar surface area (TPSA) is 76.7 Å². The first-order valence-electron chi connectivity index (χ1n) is 3.22. The summed E-state index contributed by atoms with van der Waals surface area (Å²) in [5.74, 6) is -0.644. The first-order chi connectivity index (χ1) is 5.54. The van der Waals surface area contributed by atoms with Crippen LogP contribution < -0.4 is 11.0 Å². The van der Waals surface area contributed by atoms with Crippen molar-refractivity contribution in [1.29, 1.82) is 0 Å². The zero-order valence-corrected chi connectivity index (χ0v) is 8.86. The van der Waals surface area contributed by atoms with Crippen LogP contribution in [0.5, 0.6) is 0 Å². The quantitative estimate of drug-likeness (QED) is 0.620. The lowest BCUT2D eigenvalue weighted by atomic mass is 10.8. The van der Waals surface area contributed by atoms with Crippen molar-refractivity contribution in [3.05, 3.63) is 0 Å². The van der Waals surface area contributed by atoms with Gasteiger partial charge in [-0.05, 0) is 0 Å². The van der Waals surface area contributed by atoms with Crippen molar-refractivity contribution < 1.29 is 19.3 Å². The van der Waals surface area contributed by atoms with Crippen molar-refractivity contribution in [1.82, 2.24) is 11.0 Å². The van der Waals surface area contributed by atoms with E-state index in [2.05, 4.69) is 20.6 Å². The fourth-order valence-corrected chi connectivity index (χ4v) is 0.287. The van der Waals surface area contributed by atoms with Crippen LogP contribution in [0, 0.1) is 0 Å². The van der Waals surface area contributed by atoms with Crippen LogP contribution in [-0.4, -0.2) is 26.0 Å². The van der Waals surface area contributed by atoms with Gasteiger partial charge in [0.25, 0.3) is 0 Å². The molecule has 0 radical (unpaired) electrons. The number of halogens is 1. The van der Waals surface area contributed by atoms with Gasteiger partial charge in [-0.15, -0.1) is 12.4 Å². The molecule has 13 heavy (non-hydrogen) atoms. The highest BCUT2D eigenvalue weighted by atomic mass is 35.5. The molecule has 0 aromatic carbocycles. The minimum atomic E-state index is -0.322. The lowest BCUT2D eigenvalue weighted by Gasteiger charge is -1.90. The molecule has 0 aliphatic rings. The molecule has 0 spiro atoms. The summed E-state index contributed by atoms with van der Waals surface area (Å²) in [4.78, 5) is 27.8. The van der Waals surface area contributed by atoms with Crippen LogP contribution in [0.1, 0.15) is 13.8 Å². The Morgan fingerprint density at radius 3 is 1.15 bits per heavy atom. The second-order valence-corrected chi connectivity index (χ2v) is 1.60. The Bertz CT molecular complexity index is 127. The molecule has 0 heterocycles. The first kappa shape index (κ1) is 18.0. The van der Waals surface area contributed by atoms with E-state index in [-0.39, 0.29) is 24.3 Å². The van der Waals surface area contributed by atoms with Gasteiger partial charge in [0, 0.05) is 27.9 Å². The Morgan fingerprint density at radius 2 is 1.15 bits per heavy atom. The Balaban J connectivity index is -0.000000143. The molecule has 6 nitrogen and oxygen atoms in total. The van der Waals surface area contributed by atoms with Crippen molar-refractivity contribution in [2.75, 3.05) is 14.1 Å². The summed E-state index contributed by atoms with van der Waals surface area (Å²) < 4.78 is 0. The fourth-order valence-electron chi connectivity index (χ4n) is 0.287. The van der Waals surface area contributed by atoms with Crippen molar-refractivity contribution >= 4 is 24.3 Å². The number of rotatable bonds is 2. The molecule has 0 saturated heterocycles. The number of hydroxylamine groups is 2. The third-order valence-electron chi connectivity index (χ3n) is 0.492. The lowest BCUT2D eigenvalue weighted by Crippen LogP contribution is -2.10. The molecule has 0 rings (SSSR count). The molecule has 0 aliphatic carbocycles. The van der Waals surface area contributed by atoms with Crippen molar-refractivity contribution in [2.24, 2.45) is 0 Å². The minimum absolute atomic E-state index is 0. The Labute approximate surface area is 83.3 Å². The van der Waals surface area contributed by atoms with E-state index in [1.54, 1.807) is 0 Å². The predicted octanol–water partition coefficient (Wildman–Crippen LogP) is -0.210. The molecule has 0 aliphatic heterocycles. The van der Waals surface area contributed by atoms with E-state index in [0.29, 0.717) is 0 Å². The summed E-state index contributed by atoms with van der Waals surface area (Å²) in [5, 5.41) is 0. The summed E-state index contributed by atoms with van der Waals surface area (Å²) >= 11 is 0. The summed E-state index contributed by atoms with van der Waals surface area (Å²) in [6.45, 7) is 2.66. The average molecular weight is 215 g/mol. The van der Waals surface area contributed by atoms with Gasteiger partial charge in [-0.2, -0.15) is 11.0 Å². The molecule has 0 aromatic rings. The predicted molar refractivity (Wildman–Crippen MR) is 48.9 cm³/mol. The maximum Gasteiger partial charge on any atom is 0.321 e. The van der Waals surface area contributed by atoms with Gasteiger partial charge < -0.3 is 9.68 Å². The molecule has 0 bridgehead atoms. The Morgan fingerprint density at radius 1 is 0.923 bits per heavy atom. The van der Waals surface area contributed by atoms with Gasteiger partial charge in [0.1, 0.15) is 0 Å². The highest BCUT2D eigenvalue weighted by molar-refractivity contribution is 5.85. The molecular formula is C6H15ClN2O4. The summed E-state index contributed by atoms with van der Waals surface area (Å²) in [5.41, 5.74) is 4.44. The molecule has 0 unspecified atom stereocenters. The number of carbonyl (C=O) groups is 2. The van der Waals surface area contributed by atoms with Crippen molar-refractivity contribution in [3.63, 3.8) is 0 Å². The Hall–Kier alpha value is -0.850. The van der Waals surface area contributed by atoms with Gasteiger partial charge in [-0.3, -0.25) is 9.59 Å². The highest BCUT2D eigenvalue weighted by Gasteiger charge is 1.82. The number of carbonyl (C=O) groups excluding carboxylic acids is 2. The van der Waals surface area contributed by atoms with Crippen LogP contribution >= 0.6 is 12.4 Å². The molecule has 80 valence electrons. The normalized spacial score (nSPS) is 7.08. The summed E-state index contributed by atoms with van der Waals surface area (Å²) in [7, 11) is 3.06. The molecule has 0 saturated carbocycles. The third kappa shape index (κ3) is 35.2. The zero-order chi connectivity index (χ0) is 9.98. The lowest BCUT2D eigenvalue weighted by molar-refractivity contribution is -0.148. The SMILES string of the molecule is CNOC(C)=O.CNOC(C)=O.Cl. The summed E-state index contributed by atoms with van der Waals surface area (Å²) in [6.07, 6.45) is 0. The van der Waals surface area contributed by atoms with Gasteiger partial charge in [0.15, 0.2) is 0 Å². The molecule has 2 N–H and O–H groups in total. The van der Waals surface area contributed by atoms with Crippen LogP contribution in [0.15, 0.2) is 0 Å². The van der Waals surface area contributed by atoms with Crippen molar-refractivity contribution in [3.8, 4) is 0 Å². The smallest absolute Gasteiger partial charge is 0.321 e. The van der Waals surface area contributed by atoms with Gasteiger partial charge >= 0.3 is 11.9 Å². The van der Waals surface area contributed by atoms with E-state index in [1.807, 2.05) is 0 Å². The van der Waals surface area contributed by atoms with E-state index < -0.39 is 0 Å². The average Bonchev–Trinajstić information content (AvgIpc) is 1.87. The van der Waals surface area contributed by atoms with Crippen LogP contribution in [0.3, 0.4) is 0 Å². The molecule has 7 heteroatoms. The molecular weight excluding hydrogens is 200 g/mol. The zero-order valence-electron chi connectivity index (χ0n) is 8.04. The summed E-state index contributed by atoms with van der Waals surface area (Å²) in [6, 6.07) is 0.